The predicted octanol–water partition coefficient (Wildman–Crippen LogP) is 19.4. The van der Waals surface area contributed by atoms with E-state index in [1.54, 1.807) is 7.11 Å². The Morgan fingerprint density at radius 3 is 1.58 bits per heavy atom. The molecule has 0 aliphatic heterocycles. The minimum absolute atomic E-state index is 0.132. The fourth-order valence-electron chi connectivity index (χ4n) is 11.1. The maximum Gasteiger partial charge on any atom is 0.229 e. The highest BCUT2D eigenvalue weighted by Gasteiger charge is 2.41. The van der Waals surface area contributed by atoms with E-state index < -0.39 is 10.8 Å². The number of aryl methyl sites for hydroxylation is 1. The van der Waals surface area contributed by atoms with Gasteiger partial charge in [0.15, 0.2) is 6.54 Å². The largest absolute Gasteiger partial charge is 0.506 e. The molecular weight excluding hydrogens is 1000 g/mol. The molecule has 2 amide bonds. The van der Waals surface area contributed by atoms with Crippen molar-refractivity contribution >= 4 is 51.6 Å². The topological polar surface area (TPSA) is 111 Å². The smallest absolute Gasteiger partial charge is 0.229 e. The van der Waals surface area contributed by atoms with Crippen LogP contribution < -0.4 is 20.3 Å². The lowest BCUT2D eigenvalue weighted by molar-refractivity contribution is -0.448. The van der Waals surface area contributed by atoms with Crippen LogP contribution in [0, 0.1) is 29.6 Å². The number of unbranched alkanes of at least 4 members (excludes halogenated alkanes) is 16. The average molecular weight is 1110 g/mol. The van der Waals surface area contributed by atoms with Gasteiger partial charge < -0.3 is 25.4 Å². The lowest BCUT2D eigenvalue weighted by Gasteiger charge is -2.32. The lowest BCUT2D eigenvalue weighted by Crippen LogP contribution is -2.37. The molecule has 444 valence electrons. The molecule has 3 N–H and O–H groups in total. The molecule has 81 heavy (non-hydrogen) atoms. The highest BCUT2D eigenvalue weighted by Crippen LogP contribution is 2.45. The SMILES string of the molecule is CCCCCCCCC(CCCCCC)CN(c1ccc(OC)cc1)c1ccc(C2=C(O)C(=C3C=CC(=[N+](CC(CCCCCC)CCCCCCCC)c4ccc(C)cc4)C=C3NC(=O)C(C)(C)C)C2=O)c(NC(=O)C(C)(C)C)c1. The highest BCUT2D eigenvalue weighted by atomic mass is 16.5. The first-order valence-electron chi connectivity index (χ1n) is 31.9. The number of hydrogen-bond donors (Lipinski definition) is 3. The molecule has 0 saturated heterocycles. The predicted molar refractivity (Wildman–Crippen MR) is 342 cm³/mol. The van der Waals surface area contributed by atoms with Crippen LogP contribution in [0.2, 0.25) is 0 Å². The number of amides is 2. The molecule has 2 aliphatic carbocycles. The number of ketones is 1. The van der Waals surface area contributed by atoms with E-state index in [1.165, 1.54) is 134 Å². The number of hydrogen-bond acceptors (Lipinski definition) is 6. The van der Waals surface area contributed by atoms with Crippen molar-refractivity contribution in [2.45, 2.75) is 230 Å². The Morgan fingerprint density at radius 1 is 0.593 bits per heavy atom. The molecule has 2 unspecified atom stereocenters. The minimum atomic E-state index is -0.751. The van der Waals surface area contributed by atoms with Crippen molar-refractivity contribution in [1.29, 1.82) is 0 Å². The number of nitrogens with one attached hydrogen (secondary N) is 2. The van der Waals surface area contributed by atoms with Gasteiger partial charge in [-0.1, -0.05) is 215 Å². The summed E-state index contributed by atoms with van der Waals surface area (Å²) in [5.41, 5.74) is 5.62. The summed E-state index contributed by atoms with van der Waals surface area (Å²) in [5, 5.41) is 18.9. The Bertz CT molecular complexity index is 2640. The van der Waals surface area contributed by atoms with Gasteiger partial charge in [-0.15, -0.1) is 0 Å². The van der Waals surface area contributed by atoms with Crippen LogP contribution in [0.3, 0.4) is 0 Å². The minimum Gasteiger partial charge on any atom is -0.506 e. The molecule has 2 atom stereocenters. The van der Waals surface area contributed by atoms with Gasteiger partial charge in [0, 0.05) is 70.1 Å². The number of benzene rings is 3. The van der Waals surface area contributed by atoms with Crippen LogP contribution in [0.1, 0.15) is 234 Å². The Hall–Kier alpha value is -5.70. The molecule has 5 rings (SSSR count). The number of carbonyl (C=O) groups excluding carboxylic acids is 3. The summed E-state index contributed by atoms with van der Waals surface area (Å²) >= 11 is 0. The number of ether oxygens (including phenoxy) is 1. The van der Waals surface area contributed by atoms with Crippen LogP contribution in [-0.4, -0.2) is 53.2 Å². The molecule has 3 aromatic carbocycles. The van der Waals surface area contributed by atoms with Crippen molar-refractivity contribution in [3.8, 4) is 5.75 Å². The van der Waals surface area contributed by atoms with Gasteiger partial charge in [0.1, 0.15) is 11.5 Å². The van der Waals surface area contributed by atoms with Crippen molar-refractivity contribution in [2.75, 3.05) is 30.4 Å². The van der Waals surface area contributed by atoms with Gasteiger partial charge in [-0.25, -0.2) is 0 Å². The molecule has 9 nitrogen and oxygen atoms in total. The van der Waals surface area contributed by atoms with Crippen molar-refractivity contribution < 1.29 is 28.8 Å². The third kappa shape index (κ3) is 20.3. The van der Waals surface area contributed by atoms with Gasteiger partial charge >= 0.3 is 0 Å². The Morgan fingerprint density at radius 2 is 1.07 bits per heavy atom. The van der Waals surface area contributed by atoms with Gasteiger partial charge in [0.25, 0.3) is 0 Å². The first-order chi connectivity index (χ1) is 38.8. The number of Topliss-reactive ketones (excluding diaryl/α,β-unsaturated/α-hetero) is 1. The van der Waals surface area contributed by atoms with Gasteiger partial charge in [-0.3, -0.25) is 14.4 Å². The number of allylic oxidation sites excluding steroid dienone is 5. The second-order valence-corrected chi connectivity index (χ2v) is 25.6. The number of nitrogens with zero attached hydrogens (tertiary/aromatic N) is 2. The molecule has 0 aromatic heterocycles. The summed E-state index contributed by atoms with van der Waals surface area (Å²) in [6.45, 7) is 24.0. The fourth-order valence-corrected chi connectivity index (χ4v) is 11.1. The zero-order valence-corrected chi connectivity index (χ0v) is 52.6. The van der Waals surface area contributed by atoms with Crippen molar-refractivity contribution in [2.24, 2.45) is 22.7 Å². The monoisotopic (exact) mass is 1110 g/mol. The van der Waals surface area contributed by atoms with E-state index in [-0.39, 0.29) is 34.5 Å². The van der Waals surface area contributed by atoms with E-state index >= 15 is 4.79 Å². The third-order valence-corrected chi connectivity index (χ3v) is 16.4. The fraction of sp³-hybridized carbons (Fsp3) is 0.583. The van der Waals surface area contributed by atoms with E-state index in [4.69, 9.17) is 4.74 Å². The van der Waals surface area contributed by atoms with E-state index in [0.29, 0.717) is 34.4 Å². The zero-order chi connectivity index (χ0) is 59.0. The summed E-state index contributed by atoms with van der Waals surface area (Å²) in [7, 11) is 1.68. The molecule has 0 spiro atoms. The summed E-state index contributed by atoms with van der Waals surface area (Å²) < 4.78 is 7.99. The quantitative estimate of drug-likeness (QED) is 0.0307. The number of aliphatic hydroxyl groups is 1. The standard InChI is InChI=1S/C72H106N4O5/c1-13-17-21-25-27-31-35-54(33-29-23-19-15-3)51-75(56-39-37-53(5)38-40-56)58-43-47-61(63(49-58)73-69(79)71(6,7)8)65-67(77)66(68(65)78)62-48-44-59(50-64(62)74-70(80)72(9,10)11)76(57-41-45-60(81-12)46-42-57)52-55(34-30-24-20-16-4)36-32-28-26-22-18-14-2/h37-50,54-55H,13-36,51-52H2,1-12H3,(H2,73,74,77,78,79,80)/p+1. The van der Waals surface area contributed by atoms with Crippen LogP contribution in [0.5, 0.6) is 5.75 Å². The maximum atomic E-state index is 15.1. The molecule has 2 aliphatic rings. The van der Waals surface area contributed by atoms with E-state index in [1.807, 2.05) is 90.1 Å². The second kappa shape index (κ2) is 33.4. The van der Waals surface area contributed by atoms with E-state index in [9.17, 15) is 14.7 Å². The maximum absolute atomic E-state index is 15.1. The lowest BCUT2D eigenvalue weighted by atomic mass is 9.78. The normalized spacial score (nSPS) is 16.0. The first-order valence-corrected chi connectivity index (χ1v) is 31.9. The van der Waals surface area contributed by atoms with Crippen molar-refractivity contribution in [1.82, 2.24) is 5.32 Å². The molecule has 0 bridgehead atoms. The molecule has 0 saturated carbocycles. The molecule has 0 fully saturated rings. The van der Waals surface area contributed by atoms with E-state index in [0.717, 1.165) is 67.3 Å². The Kier molecular flexibility index (Phi) is 27.3. The third-order valence-electron chi connectivity index (χ3n) is 16.4. The molecule has 0 heterocycles. The Balaban J connectivity index is 1.64. The second-order valence-electron chi connectivity index (χ2n) is 25.6. The first kappa shape index (κ1) is 66.1. The highest BCUT2D eigenvalue weighted by molar-refractivity contribution is 6.40. The summed E-state index contributed by atoms with van der Waals surface area (Å²) in [6.07, 6.45) is 35.2. The van der Waals surface area contributed by atoms with Crippen LogP contribution in [0.15, 0.2) is 108 Å². The van der Waals surface area contributed by atoms with Gasteiger partial charge in [0.05, 0.1) is 29.6 Å². The summed E-state index contributed by atoms with van der Waals surface area (Å²) in [6, 6.07) is 22.7. The number of rotatable bonds is 35. The van der Waals surface area contributed by atoms with Gasteiger partial charge in [-0.2, -0.15) is 4.58 Å². The molecule has 9 heteroatoms. The van der Waals surface area contributed by atoms with Crippen LogP contribution in [0.25, 0.3) is 5.57 Å². The average Bonchev–Trinajstić information content (AvgIpc) is 3.47. The molecule has 0 radical (unpaired) electrons. The molecular formula is C72H107N4O5+. The number of aliphatic hydroxyl groups excluding tert-OH is 1. The van der Waals surface area contributed by atoms with E-state index in [2.05, 4.69) is 91.1 Å². The van der Waals surface area contributed by atoms with Crippen molar-refractivity contribution in [3.05, 3.63) is 119 Å². The van der Waals surface area contributed by atoms with Crippen LogP contribution >= 0.6 is 0 Å². The zero-order valence-electron chi connectivity index (χ0n) is 52.6. The van der Waals surface area contributed by atoms with Gasteiger partial charge in [0.2, 0.25) is 29.0 Å². The van der Waals surface area contributed by atoms with Crippen LogP contribution in [0.4, 0.5) is 22.7 Å². The Labute approximate surface area is 491 Å². The van der Waals surface area contributed by atoms with Crippen molar-refractivity contribution in [3.63, 3.8) is 0 Å². The summed E-state index contributed by atoms with van der Waals surface area (Å²) in [5.74, 6) is 0.736. The molecule has 3 aromatic rings. The number of anilines is 3. The van der Waals surface area contributed by atoms with Gasteiger partial charge in [-0.05, 0) is 87.1 Å². The summed E-state index contributed by atoms with van der Waals surface area (Å²) in [4.78, 5) is 45.5. The number of carbonyl (C=O) groups is 3. The van der Waals surface area contributed by atoms with Crippen LogP contribution in [-0.2, 0) is 14.4 Å². The number of methoxy groups -OCH3 is 1.